The largest absolute Gasteiger partial charge is 0.441 e. The van der Waals surface area contributed by atoms with Crippen molar-refractivity contribution in [2.24, 2.45) is 17.6 Å². The van der Waals surface area contributed by atoms with E-state index in [0.717, 1.165) is 42.8 Å². The fourth-order valence-corrected chi connectivity index (χ4v) is 2.36. The van der Waals surface area contributed by atoms with E-state index in [1.807, 2.05) is 24.3 Å². The summed E-state index contributed by atoms with van der Waals surface area (Å²) < 4.78 is 5.73. The summed E-state index contributed by atoms with van der Waals surface area (Å²) in [5.74, 6) is 2.17. The van der Waals surface area contributed by atoms with Crippen LogP contribution in [0.2, 0.25) is 0 Å². The molecule has 2 aromatic rings. The highest BCUT2D eigenvalue weighted by Gasteiger charge is 2.14. The van der Waals surface area contributed by atoms with Gasteiger partial charge in [-0.1, -0.05) is 26.0 Å². The minimum atomic E-state index is 0.657. The van der Waals surface area contributed by atoms with E-state index in [9.17, 15) is 0 Å². The van der Waals surface area contributed by atoms with Crippen LogP contribution in [0.25, 0.3) is 11.1 Å². The molecule has 0 saturated heterocycles. The minimum Gasteiger partial charge on any atom is -0.441 e. The van der Waals surface area contributed by atoms with E-state index in [2.05, 4.69) is 18.8 Å². The summed E-state index contributed by atoms with van der Waals surface area (Å²) >= 11 is 0. The van der Waals surface area contributed by atoms with Crippen molar-refractivity contribution in [3.8, 4) is 0 Å². The number of hydrogen-bond donors (Lipinski definition) is 1. The van der Waals surface area contributed by atoms with Crippen molar-refractivity contribution >= 4 is 11.1 Å². The molecule has 2 rings (SSSR count). The molecule has 1 atom stereocenters. The monoisotopic (exact) mass is 246 g/mol. The van der Waals surface area contributed by atoms with Crippen LogP contribution in [0.5, 0.6) is 0 Å². The lowest BCUT2D eigenvalue weighted by Gasteiger charge is -2.18. The third-order valence-electron chi connectivity index (χ3n) is 3.55. The Labute approximate surface area is 108 Å². The number of nitrogens with zero attached hydrogens (tertiary/aromatic N) is 1. The standard InChI is InChI=1S/C15H22N2O/c1-11(2)12(9-10-16)7-8-15-17-13-5-3-4-6-14(13)18-15/h3-6,11-12H,7-10,16H2,1-2H3. The maximum atomic E-state index is 5.73. The van der Waals surface area contributed by atoms with Crippen LogP contribution in [-0.2, 0) is 6.42 Å². The molecule has 0 fully saturated rings. The van der Waals surface area contributed by atoms with Gasteiger partial charge in [-0.25, -0.2) is 4.98 Å². The van der Waals surface area contributed by atoms with Crippen LogP contribution in [0.1, 0.15) is 32.6 Å². The summed E-state index contributed by atoms with van der Waals surface area (Å²) in [7, 11) is 0. The number of nitrogens with two attached hydrogens (primary N) is 1. The lowest BCUT2D eigenvalue weighted by molar-refractivity contribution is 0.330. The van der Waals surface area contributed by atoms with Gasteiger partial charge in [-0.05, 0) is 43.4 Å². The molecule has 1 aromatic carbocycles. The van der Waals surface area contributed by atoms with Gasteiger partial charge in [-0.3, -0.25) is 0 Å². The van der Waals surface area contributed by atoms with E-state index in [0.29, 0.717) is 11.8 Å². The zero-order chi connectivity index (χ0) is 13.0. The van der Waals surface area contributed by atoms with E-state index in [-0.39, 0.29) is 0 Å². The minimum absolute atomic E-state index is 0.657. The Morgan fingerprint density at radius 3 is 2.67 bits per heavy atom. The van der Waals surface area contributed by atoms with Gasteiger partial charge < -0.3 is 10.2 Å². The Kier molecular flexibility index (Phi) is 4.37. The van der Waals surface area contributed by atoms with Crippen LogP contribution >= 0.6 is 0 Å². The SMILES string of the molecule is CC(C)C(CCN)CCc1nc2ccccc2o1. The molecule has 0 aliphatic carbocycles. The van der Waals surface area contributed by atoms with Crippen molar-refractivity contribution in [3.63, 3.8) is 0 Å². The molecule has 0 radical (unpaired) electrons. The number of rotatable bonds is 6. The topological polar surface area (TPSA) is 52.0 Å². The highest BCUT2D eigenvalue weighted by atomic mass is 16.3. The van der Waals surface area contributed by atoms with Crippen LogP contribution in [0.4, 0.5) is 0 Å². The normalized spacial score (nSPS) is 13.3. The molecule has 1 heterocycles. The van der Waals surface area contributed by atoms with Gasteiger partial charge in [0.25, 0.3) is 0 Å². The Bertz CT molecular complexity index is 457. The molecule has 0 aliphatic rings. The van der Waals surface area contributed by atoms with Gasteiger partial charge in [0.2, 0.25) is 0 Å². The van der Waals surface area contributed by atoms with Gasteiger partial charge in [-0.15, -0.1) is 0 Å². The number of aryl methyl sites for hydroxylation is 1. The summed E-state index contributed by atoms with van der Waals surface area (Å²) in [6, 6.07) is 7.91. The zero-order valence-corrected chi connectivity index (χ0v) is 11.2. The first-order valence-electron chi connectivity index (χ1n) is 6.75. The summed E-state index contributed by atoms with van der Waals surface area (Å²) in [5, 5.41) is 0. The van der Waals surface area contributed by atoms with E-state index in [4.69, 9.17) is 10.2 Å². The van der Waals surface area contributed by atoms with Gasteiger partial charge in [0.1, 0.15) is 5.52 Å². The maximum absolute atomic E-state index is 5.73. The second kappa shape index (κ2) is 6.01. The van der Waals surface area contributed by atoms with Crippen molar-refractivity contribution in [3.05, 3.63) is 30.2 Å². The molecular weight excluding hydrogens is 224 g/mol. The number of para-hydroxylation sites is 2. The van der Waals surface area contributed by atoms with Crippen molar-refractivity contribution in [1.29, 1.82) is 0 Å². The average Bonchev–Trinajstić information content (AvgIpc) is 2.76. The van der Waals surface area contributed by atoms with Crippen LogP contribution in [0, 0.1) is 11.8 Å². The van der Waals surface area contributed by atoms with Crippen molar-refractivity contribution < 1.29 is 4.42 Å². The maximum Gasteiger partial charge on any atom is 0.195 e. The Morgan fingerprint density at radius 2 is 2.00 bits per heavy atom. The van der Waals surface area contributed by atoms with E-state index < -0.39 is 0 Å². The highest BCUT2D eigenvalue weighted by Crippen LogP contribution is 2.22. The number of benzene rings is 1. The van der Waals surface area contributed by atoms with Gasteiger partial charge >= 0.3 is 0 Å². The first kappa shape index (κ1) is 13.1. The summed E-state index contributed by atoms with van der Waals surface area (Å²) in [6.45, 7) is 5.27. The predicted octanol–water partition coefficient (Wildman–Crippen LogP) is 3.38. The molecule has 0 saturated carbocycles. The van der Waals surface area contributed by atoms with Crippen molar-refractivity contribution in [2.75, 3.05) is 6.54 Å². The molecule has 3 nitrogen and oxygen atoms in total. The fraction of sp³-hybridized carbons (Fsp3) is 0.533. The molecule has 3 heteroatoms. The van der Waals surface area contributed by atoms with Gasteiger partial charge in [0.15, 0.2) is 11.5 Å². The molecule has 2 N–H and O–H groups in total. The van der Waals surface area contributed by atoms with Crippen molar-refractivity contribution in [1.82, 2.24) is 4.98 Å². The second-order valence-corrected chi connectivity index (χ2v) is 5.20. The van der Waals surface area contributed by atoms with E-state index >= 15 is 0 Å². The molecule has 98 valence electrons. The molecule has 1 aromatic heterocycles. The summed E-state index contributed by atoms with van der Waals surface area (Å²) in [5.41, 5.74) is 7.49. The molecule has 1 unspecified atom stereocenters. The third-order valence-corrected chi connectivity index (χ3v) is 3.55. The molecule has 0 aliphatic heterocycles. The number of aromatic nitrogens is 1. The third kappa shape index (κ3) is 3.10. The van der Waals surface area contributed by atoms with Crippen molar-refractivity contribution in [2.45, 2.75) is 33.1 Å². The Morgan fingerprint density at radius 1 is 1.22 bits per heavy atom. The first-order chi connectivity index (χ1) is 8.70. The van der Waals surface area contributed by atoms with Crippen LogP contribution in [0.15, 0.2) is 28.7 Å². The average molecular weight is 246 g/mol. The van der Waals surface area contributed by atoms with Gasteiger partial charge in [-0.2, -0.15) is 0 Å². The predicted molar refractivity (Wildman–Crippen MR) is 74.3 cm³/mol. The molecular formula is C15H22N2O. The van der Waals surface area contributed by atoms with Crippen LogP contribution < -0.4 is 5.73 Å². The fourth-order valence-electron chi connectivity index (χ4n) is 2.36. The Hall–Kier alpha value is -1.35. The van der Waals surface area contributed by atoms with Gasteiger partial charge in [0.05, 0.1) is 0 Å². The number of oxazole rings is 1. The molecule has 18 heavy (non-hydrogen) atoms. The quantitative estimate of drug-likeness (QED) is 0.850. The van der Waals surface area contributed by atoms with E-state index in [1.54, 1.807) is 0 Å². The summed E-state index contributed by atoms with van der Waals surface area (Å²) in [4.78, 5) is 4.51. The number of hydrogen-bond acceptors (Lipinski definition) is 3. The first-order valence-corrected chi connectivity index (χ1v) is 6.75. The molecule has 0 amide bonds. The zero-order valence-electron chi connectivity index (χ0n) is 11.2. The second-order valence-electron chi connectivity index (χ2n) is 5.20. The highest BCUT2D eigenvalue weighted by molar-refractivity contribution is 5.72. The number of fused-ring (bicyclic) bond motifs is 1. The smallest absolute Gasteiger partial charge is 0.195 e. The van der Waals surface area contributed by atoms with E-state index in [1.165, 1.54) is 0 Å². The molecule has 0 bridgehead atoms. The summed E-state index contributed by atoms with van der Waals surface area (Å²) in [6.07, 6.45) is 3.08. The van der Waals surface area contributed by atoms with Crippen LogP contribution in [-0.4, -0.2) is 11.5 Å². The van der Waals surface area contributed by atoms with Crippen LogP contribution in [0.3, 0.4) is 0 Å². The lowest BCUT2D eigenvalue weighted by Crippen LogP contribution is -2.15. The molecule has 0 spiro atoms. The Balaban J connectivity index is 2.00. The van der Waals surface area contributed by atoms with Gasteiger partial charge in [0, 0.05) is 6.42 Å². The lowest BCUT2D eigenvalue weighted by atomic mass is 9.88.